The van der Waals surface area contributed by atoms with Crippen LogP contribution in [0.25, 0.3) is 10.9 Å². The number of para-hydroxylation sites is 1. The molecule has 0 aliphatic heterocycles. The van der Waals surface area contributed by atoms with Crippen molar-refractivity contribution in [2.45, 2.75) is 29.4 Å². The van der Waals surface area contributed by atoms with Crippen molar-refractivity contribution in [1.29, 1.82) is 0 Å². The van der Waals surface area contributed by atoms with Crippen molar-refractivity contribution in [1.82, 2.24) is 4.57 Å². The summed E-state index contributed by atoms with van der Waals surface area (Å²) in [5.41, 5.74) is 0.250. The molecule has 5 nitrogen and oxygen atoms in total. The molecule has 0 aliphatic carbocycles. The van der Waals surface area contributed by atoms with Gasteiger partial charge in [-0.2, -0.15) is 13.2 Å². The Balaban J connectivity index is 1.68. The van der Waals surface area contributed by atoms with Crippen LogP contribution in [-0.4, -0.2) is 18.9 Å². The largest absolute Gasteiger partial charge is 0.416 e. The molecule has 0 unspecified atom stereocenters. The van der Waals surface area contributed by atoms with E-state index in [1.807, 2.05) is 6.92 Å². The number of aryl methyl sites for hydroxylation is 1. The number of amides is 1. The molecule has 0 radical (unpaired) electrons. The average Bonchev–Trinajstić information content (AvgIpc) is 3.14. The Morgan fingerprint density at radius 2 is 1.71 bits per heavy atom. The second-order valence-electron chi connectivity index (χ2n) is 7.70. The highest BCUT2D eigenvalue weighted by atomic mass is 35.5. The van der Waals surface area contributed by atoms with E-state index in [1.165, 1.54) is 22.9 Å². The number of benzene rings is 3. The lowest BCUT2D eigenvalue weighted by atomic mass is 10.2. The molecule has 10 heteroatoms. The number of alkyl halides is 3. The van der Waals surface area contributed by atoms with E-state index < -0.39 is 27.5 Å². The number of carbonyl (C=O) groups excluding carboxylic acids is 1. The van der Waals surface area contributed by atoms with Crippen molar-refractivity contribution in [3.8, 4) is 0 Å². The summed E-state index contributed by atoms with van der Waals surface area (Å²) in [6.07, 6.45) is -3.24. The fraction of sp³-hybridized carbons (Fsp3) is 0.125. The highest BCUT2D eigenvalue weighted by Crippen LogP contribution is 2.34. The van der Waals surface area contributed by atoms with Crippen LogP contribution in [0.5, 0.6) is 0 Å². The molecule has 0 atom stereocenters. The third kappa shape index (κ3) is 4.67. The third-order valence-corrected chi connectivity index (χ3v) is 7.38. The number of fused-ring (bicyclic) bond motifs is 1. The first kappa shape index (κ1) is 23.8. The van der Waals surface area contributed by atoms with Crippen molar-refractivity contribution in [2.75, 3.05) is 5.32 Å². The van der Waals surface area contributed by atoms with Gasteiger partial charge in [0.2, 0.25) is 15.7 Å². The van der Waals surface area contributed by atoms with E-state index in [2.05, 4.69) is 5.32 Å². The number of carbonyl (C=O) groups is 1. The van der Waals surface area contributed by atoms with Gasteiger partial charge in [-0.25, -0.2) is 8.42 Å². The van der Waals surface area contributed by atoms with Crippen LogP contribution in [0, 0.1) is 6.92 Å². The van der Waals surface area contributed by atoms with Gasteiger partial charge in [0.25, 0.3) is 0 Å². The van der Waals surface area contributed by atoms with E-state index >= 15 is 0 Å². The first-order valence-electron chi connectivity index (χ1n) is 10.0. The van der Waals surface area contributed by atoms with Crippen LogP contribution in [0.4, 0.5) is 18.9 Å². The number of anilines is 1. The minimum Gasteiger partial charge on any atom is -0.337 e. The van der Waals surface area contributed by atoms with Crippen LogP contribution in [0.1, 0.15) is 11.1 Å². The molecule has 0 spiro atoms. The topological polar surface area (TPSA) is 68.2 Å². The molecular weight excluding hydrogens is 489 g/mol. The molecule has 3 aromatic carbocycles. The van der Waals surface area contributed by atoms with Crippen LogP contribution >= 0.6 is 11.6 Å². The second-order valence-corrected chi connectivity index (χ2v) is 10.0. The van der Waals surface area contributed by atoms with Gasteiger partial charge in [0.1, 0.15) is 6.54 Å². The van der Waals surface area contributed by atoms with E-state index in [0.717, 1.165) is 23.8 Å². The SMILES string of the molecule is Cc1ccc(S(=O)(=O)c2cn(CC(=O)Nc3cc(C(F)(F)F)ccc3Cl)c3ccccc23)cc1. The highest BCUT2D eigenvalue weighted by Gasteiger charge is 2.31. The van der Waals surface area contributed by atoms with E-state index in [4.69, 9.17) is 11.6 Å². The lowest BCUT2D eigenvalue weighted by Crippen LogP contribution is -2.19. The number of hydrogen-bond acceptors (Lipinski definition) is 3. The summed E-state index contributed by atoms with van der Waals surface area (Å²) in [6.45, 7) is 1.51. The van der Waals surface area contributed by atoms with Gasteiger partial charge in [0, 0.05) is 17.1 Å². The smallest absolute Gasteiger partial charge is 0.337 e. The first-order valence-corrected chi connectivity index (χ1v) is 11.9. The molecule has 0 fully saturated rings. The van der Waals surface area contributed by atoms with Crippen molar-refractivity contribution >= 4 is 43.9 Å². The first-order chi connectivity index (χ1) is 16.0. The molecule has 4 rings (SSSR count). The van der Waals surface area contributed by atoms with Gasteiger partial charge in [-0.1, -0.05) is 47.5 Å². The summed E-state index contributed by atoms with van der Waals surface area (Å²) in [6, 6.07) is 15.7. The molecule has 1 amide bonds. The van der Waals surface area contributed by atoms with Gasteiger partial charge in [0.15, 0.2) is 0 Å². The van der Waals surface area contributed by atoms with E-state index in [1.54, 1.807) is 36.4 Å². The number of aromatic nitrogens is 1. The van der Waals surface area contributed by atoms with Gasteiger partial charge in [-0.3, -0.25) is 4.79 Å². The Morgan fingerprint density at radius 1 is 1.03 bits per heavy atom. The summed E-state index contributed by atoms with van der Waals surface area (Å²) in [5, 5.41) is 2.75. The number of rotatable bonds is 5. The molecule has 1 N–H and O–H groups in total. The van der Waals surface area contributed by atoms with Crippen molar-refractivity contribution in [3.63, 3.8) is 0 Å². The maximum atomic E-state index is 13.3. The standard InChI is InChI=1S/C24H18ClF3N2O3S/c1-15-6-9-17(10-7-15)34(32,33)22-13-30(21-5-3-2-4-18(21)22)14-23(31)29-20-12-16(24(26,27)28)8-11-19(20)25/h2-13H,14H2,1H3,(H,29,31). The van der Waals surface area contributed by atoms with Gasteiger partial charge < -0.3 is 9.88 Å². The molecular formula is C24H18ClF3N2O3S. The van der Waals surface area contributed by atoms with Gasteiger partial charge in [0.05, 0.1) is 26.1 Å². The van der Waals surface area contributed by atoms with Crippen molar-refractivity contribution in [3.05, 3.63) is 89.1 Å². The molecule has 0 bridgehead atoms. The Hall–Kier alpha value is -3.30. The molecule has 4 aromatic rings. The number of nitrogens with zero attached hydrogens (tertiary/aromatic N) is 1. The summed E-state index contributed by atoms with van der Waals surface area (Å²) in [7, 11) is -3.88. The van der Waals surface area contributed by atoms with E-state index in [9.17, 15) is 26.4 Å². The van der Waals surface area contributed by atoms with Gasteiger partial charge in [-0.05, 0) is 43.3 Å². The van der Waals surface area contributed by atoms with Crippen LogP contribution < -0.4 is 5.32 Å². The zero-order valence-corrected chi connectivity index (χ0v) is 19.3. The monoisotopic (exact) mass is 506 g/mol. The fourth-order valence-corrected chi connectivity index (χ4v) is 5.19. The minimum absolute atomic E-state index is 0.0249. The third-order valence-electron chi connectivity index (χ3n) is 5.25. The van der Waals surface area contributed by atoms with Crippen molar-refractivity contribution in [2.24, 2.45) is 0 Å². The highest BCUT2D eigenvalue weighted by molar-refractivity contribution is 7.91. The maximum Gasteiger partial charge on any atom is 0.416 e. The summed E-state index contributed by atoms with van der Waals surface area (Å²) in [4.78, 5) is 12.8. The second kappa shape index (κ2) is 8.81. The quantitative estimate of drug-likeness (QED) is 0.356. The number of sulfone groups is 1. The molecule has 0 aliphatic rings. The average molecular weight is 507 g/mol. The van der Waals surface area contributed by atoms with Crippen LogP contribution in [0.15, 0.2) is 82.7 Å². The zero-order valence-electron chi connectivity index (χ0n) is 17.7. The Kier molecular flexibility index (Phi) is 6.18. The molecule has 0 saturated heterocycles. The predicted octanol–water partition coefficient (Wildman–Crippen LogP) is 6.09. The van der Waals surface area contributed by atoms with Crippen LogP contribution in [-0.2, 0) is 27.4 Å². The zero-order chi connectivity index (χ0) is 24.7. The normalized spacial score (nSPS) is 12.1. The minimum atomic E-state index is -4.60. The van der Waals surface area contributed by atoms with E-state index in [0.29, 0.717) is 10.9 Å². The van der Waals surface area contributed by atoms with Gasteiger partial charge in [-0.15, -0.1) is 0 Å². The molecule has 1 heterocycles. The maximum absolute atomic E-state index is 13.3. The lowest BCUT2D eigenvalue weighted by Gasteiger charge is -2.12. The Morgan fingerprint density at radius 3 is 2.38 bits per heavy atom. The number of halogens is 4. The summed E-state index contributed by atoms with van der Waals surface area (Å²) >= 11 is 5.96. The number of hydrogen-bond donors (Lipinski definition) is 1. The molecule has 0 saturated carbocycles. The van der Waals surface area contributed by atoms with Crippen LogP contribution in [0.3, 0.4) is 0 Å². The number of nitrogens with one attached hydrogen (secondary N) is 1. The molecule has 1 aromatic heterocycles. The predicted molar refractivity (Wildman–Crippen MR) is 124 cm³/mol. The Bertz CT molecular complexity index is 1490. The van der Waals surface area contributed by atoms with Crippen molar-refractivity contribution < 1.29 is 26.4 Å². The van der Waals surface area contributed by atoms with Crippen LogP contribution in [0.2, 0.25) is 5.02 Å². The van der Waals surface area contributed by atoms with E-state index in [-0.39, 0.29) is 27.0 Å². The lowest BCUT2D eigenvalue weighted by molar-refractivity contribution is -0.137. The summed E-state index contributed by atoms with van der Waals surface area (Å²) in [5.74, 6) is -0.665. The Labute approximate surface area is 198 Å². The molecule has 176 valence electrons. The summed E-state index contributed by atoms with van der Waals surface area (Å²) < 4.78 is 67.1. The van der Waals surface area contributed by atoms with Gasteiger partial charge >= 0.3 is 6.18 Å². The fourth-order valence-electron chi connectivity index (χ4n) is 3.54. The molecule has 34 heavy (non-hydrogen) atoms.